The number of hydrogen-bond acceptors (Lipinski definition) is 2. The quantitative estimate of drug-likeness (QED) is 0.707. The van der Waals surface area contributed by atoms with Gasteiger partial charge in [0, 0.05) is 10.6 Å². The van der Waals surface area contributed by atoms with E-state index in [-0.39, 0.29) is 12.2 Å². The summed E-state index contributed by atoms with van der Waals surface area (Å²) in [6, 6.07) is 7.14. The fourth-order valence-corrected chi connectivity index (χ4v) is 3.18. The largest absolute Gasteiger partial charge is 0.486 e. The van der Waals surface area contributed by atoms with Crippen molar-refractivity contribution in [2.45, 2.75) is 6.61 Å². The van der Waals surface area contributed by atoms with Gasteiger partial charge in [-0.2, -0.15) is 0 Å². The smallest absolute Gasteiger partial charge is 0.335 e. The molecule has 7 heteroatoms. The molecule has 2 aromatic carbocycles. The molecule has 1 N–H and O–H groups in total. The Morgan fingerprint density at radius 1 is 1.24 bits per heavy atom. The van der Waals surface area contributed by atoms with Gasteiger partial charge in [0.1, 0.15) is 18.2 Å². The lowest BCUT2D eigenvalue weighted by molar-refractivity contribution is 0.0696. The molecular formula is C14H8Br2ClFO3. The highest BCUT2D eigenvalue weighted by Gasteiger charge is 2.13. The SMILES string of the molecule is O=C(O)c1cc(Br)c(OCc2ccc(Cl)cc2F)c(Br)c1. The van der Waals surface area contributed by atoms with Crippen LogP contribution >= 0.6 is 43.5 Å². The molecule has 2 aromatic rings. The molecule has 0 amide bonds. The van der Waals surface area contributed by atoms with Crippen LogP contribution in [0.4, 0.5) is 4.39 Å². The van der Waals surface area contributed by atoms with Gasteiger partial charge >= 0.3 is 5.97 Å². The lowest BCUT2D eigenvalue weighted by Crippen LogP contribution is -2.02. The molecule has 0 aliphatic heterocycles. The Kier molecular flexibility index (Phi) is 5.24. The highest BCUT2D eigenvalue weighted by Crippen LogP contribution is 2.35. The summed E-state index contributed by atoms with van der Waals surface area (Å²) < 4.78 is 20.1. The van der Waals surface area contributed by atoms with Gasteiger partial charge in [0.05, 0.1) is 14.5 Å². The molecule has 0 bridgehead atoms. The highest BCUT2D eigenvalue weighted by atomic mass is 79.9. The van der Waals surface area contributed by atoms with Crippen LogP contribution in [0.25, 0.3) is 0 Å². The van der Waals surface area contributed by atoms with Crippen molar-refractivity contribution in [3.05, 3.63) is 61.2 Å². The van der Waals surface area contributed by atoms with Crippen LogP contribution in [0, 0.1) is 5.82 Å². The van der Waals surface area contributed by atoms with Crippen molar-refractivity contribution in [3.8, 4) is 5.75 Å². The predicted octanol–water partition coefficient (Wildman–Crippen LogP) is 5.28. The first-order valence-corrected chi connectivity index (χ1v) is 7.64. The molecule has 0 fully saturated rings. The Morgan fingerprint density at radius 3 is 2.38 bits per heavy atom. The number of benzene rings is 2. The molecule has 21 heavy (non-hydrogen) atoms. The van der Waals surface area contributed by atoms with Crippen LogP contribution in [0.1, 0.15) is 15.9 Å². The Bertz CT molecular complexity index is 684. The second kappa shape index (κ2) is 6.77. The Morgan fingerprint density at radius 2 is 1.86 bits per heavy atom. The minimum atomic E-state index is -1.05. The molecule has 110 valence electrons. The Balaban J connectivity index is 2.22. The van der Waals surface area contributed by atoms with Crippen LogP contribution in [0.5, 0.6) is 5.75 Å². The van der Waals surface area contributed by atoms with Crippen LogP contribution in [0.3, 0.4) is 0 Å². The third-order valence-electron chi connectivity index (χ3n) is 2.63. The van der Waals surface area contributed by atoms with Gasteiger partial charge < -0.3 is 9.84 Å². The maximum absolute atomic E-state index is 13.7. The number of carboxylic acid groups (broad SMARTS) is 1. The molecule has 0 radical (unpaired) electrons. The Hall–Kier alpha value is -1.11. The number of aromatic carboxylic acids is 1. The molecule has 0 atom stereocenters. The maximum Gasteiger partial charge on any atom is 0.335 e. The van der Waals surface area contributed by atoms with Gasteiger partial charge in [-0.3, -0.25) is 0 Å². The van der Waals surface area contributed by atoms with Gasteiger partial charge in [-0.25, -0.2) is 9.18 Å². The van der Waals surface area contributed by atoms with E-state index in [4.69, 9.17) is 21.4 Å². The second-order valence-electron chi connectivity index (χ2n) is 4.10. The zero-order valence-corrected chi connectivity index (χ0v) is 14.3. The van der Waals surface area contributed by atoms with E-state index in [0.29, 0.717) is 25.3 Å². The van der Waals surface area contributed by atoms with Crippen molar-refractivity contribution in [3.63, 3.8) is 0 Å². The average Bonchev–Trinajstić information content (AvgIpc) is 2.39. The van der Waals surface area contributed by atoms with Crippen molar-refractivity contribution in [2.24, 2.45) is 0 Å². The topological polar surface area (TPSA) is 46.5 Å². The van der Waals surface area contributed by atoms with Crippen molar-refractivity contribution in [1.29, 1.82) is 0 Å². The van der Waals surface area contributed by atoms with E-state index in [0.717, 1.165) is 0 Å². The van der Waals surface area contributed by atoms with Crippen LogP contribution in [0.2, 0.25) is 5.02 Å². The fourth-order valence-electron chi connectivity index (χ4n) is 1.61. The van der Waals surface area contributed by atoms with Crippen LogP contribution < -0.4 is 4.74 Å². The van der Waals surface area contributed by atoms with Crippen molar-refractivity contribution in [1.82, 2.24) is 0 Å². The van der Waals surface area contributed by atoms with Crippen molar-refractivity contribution < 1.29 is 19.0 Å². The highest BCUT2D eigenvalue weighted by molar-refractivity contribution is 9.11. The summed E-state index contributed by atoms with van der Waals surface area (Å²) in [7, 11) is 0. The minimum Gasteiger partial charge on any atom is -0.486 e. The summed E-state index contributed by atoms with van der Waals surface area (Å²) in [5.74, 6) is -1.11. The van der Waals surface area contributed by atoms with Gasteiger partial charge in [-0.1, -0.05) is 17.7 Å². The van der Waals surface area contributed by atoms with Gasteiger partial charge in [0.2, 0.25) is 0 Å². The molecule has 0 heterocycles. The first-order chi connectivity index (χ1) is 9.88. The van der Waals surface area contributed by atoms with Gasteiger partial charge in [0.15, 0.2) is 0 Å². The number of ether oxygens (including phenoxy) is 1. The van der Waals surface area contributed by atoms with E-state index in [1.165, 1.54) is 24.3 Å². The van der Waals surface area contributed by atoms with Crippen LogP contribution in [-0.4, -0.2) is 11.1 Å². The van der Waals surface area contributed by atoms with E-state index in [1.54, 1.807) is 6.07 Å². The number of halogens is 4. The first kappa shape index (κ1) is 16.3. The summed E-state index contributed by atoms with van der Waals surface area (Å²) >= 11 is 12.2. The van der Waals surface area contributed by atoms with Crippen LogP contribution in [-0.2, 0) is 6.61 Å². The van der Waals surface area contributed by atoms with E-state index >= 15 is 0 Å². The zero-order chi connectivity index (χ0) is 15.6. The summed E-state index contributed by atoms with van der Waals surface area (Å²) in [5.41, 5.74) is 0.458. The molecule has 0 aliphatic rings. The third kappa shape index (κ3) is 3.96. The Labute approximate surface area is 141 Å². The molecule has 2 rings (SSSR count). The molecule has 0 aromatic heterocycles. The fraction of sp³-hybridized carbons (Fsp3) is 0.0714. The van der Waals surface area contributed by atoms with E-state index in [9.17, 15) is 9.18 Å². The molecule has 0 unspecified atom stereocenters. The van der Waals surface area contributed by atoms with Gasteiger partial charge in [-0.05, 0) is 56.1 Å². The van der Waals surface area contributed by atoms with E-state index < -0.39 is 11.8 Å². The summed E-state index contributed by atoms with van der Waals surface area (Å²) in [4.78, 5) is 10.9. The summed E-state index contributed by atoms with van der Waals surface area (Å²) in [5, 5.41) is 9.26. The monoisotopic (exact) mass is 436 g/mol. The van der Waals surface area contributed by atoms with Gasteiger partial charge in [0.25, 0.3) is 0 Å². The van der Waals surface area contributed by atoms with Gasteiger partial charge in [-0.15, -0.1) is 0 Å². The van der Waals surface area contributed by atoms with E-state index in [1.807, 2.05) is 0 Å². The summed E-state index contributed by atoms with van der Waals surface area (Å²) in [6.45, 7) is -0.00732. The molecule has 0 aliphatic carbocycles. The van der Waals surface area contributed by atoms with Crippen molar-refractivity contribution in [2.75, 3.05) is 0 Å². The number of carboxylic acids is 1. The normalized spacial score (nSPS) is 10.5. The first-order valence-electron chi connectivity index (χ1n) is 5.67. The van der Waals surface area contributed by atoms with Crippen LogP contribution in [0.15, 0.2) is 39.3 Å². The number of hydrogen-bond donors (Lipinski definition) is 1. The molecule has 0 saturated carbocycles. The number of rotatable bonds is 4. The second-order valence-corrected chi connectivity index (χ2v) is 6.24. The molecule has 0 spiro atoms. The molecule has 0 saturated heterocycles. The minimum absolute atomic E-state index is 0.00732. The lowest BCUT2D eigenvalue weighted by atomic mass is 10.2. The van der Waals surface area contributed by atoms with Crippen molar-refractivity contribution >= 4 is 49.4 Å². The summed E-state index contributed by atoms with van der Waals surface area (Å²) in [6.07, 6.45) is 0. The third-order valence-corrected chi connectivity index (χ3v) is 4.05. The lowest BCUT2D eigenvalue weighted by Gasteiger charge is -2.12. The zero-order valence-electron chi connectivity index (χ0n) is 10.4. The number of carbonyl (C=O) groups is 1. The molecular weight excluding hydrogens is 430 g/mol. The average molecular weight is 438 g/mol. The maximum atomic E-state index is 13.7. The van der Waals surface area contributed by atoms with E-state index in [2.05, 4.69) is 31.9 Å². The molecule has 3 nitrogen and oxygen atoms in total. The predicted molar refractivity (Wildman–Crippen MR) is 84.5 cm³/mol. The standard InChI is InChI=1S/C14H8Br2ClFO3/c15-10-3-8(14(19)20)4-11(16)13(10)21-6-7-1-2-9(17)5-12(7)18/h1-5H,6H2,(H,19,20).